The van der Waals surface area contributed by atoms with Crippen LogP contribution in [0.5, 0.6) is 0 Å². The van der Waals surface area contributed by atoms with Gasteiger partial charge in [0.25, 0.3) is 0 Å². The van der Waals surface area contributed by atoms with Gasteiger partial charge in [0.2, 0.25) is 0 Å². The van der Waals surface area contributed by atoms with Crippen molar-refractivity contribution in [1.82, 2.24) is 4.90 Å². The molecule has 0 spiro atoms. The van der Waals surface area contributed by atoms with Gasteiger partial charge in [-0.15, -0.1) is 0 Å². The van der Waals surface area contributed by atoms with Crippen LogP contribution in [0.15, 0.2) is 85.2 Å². The highest BCUT2D eigenvalue weighted by Gasteiger charge is 2.31. The number of halogens is 2. The van der Waals surface area contributed by atoms with Crippen LogP contribution < -0.4 is 10.2 Å². The van der Waals surface area contributed by atoms with E-state index in [4.69, 9.17) is 0 Å². The summed E-state index contributed by atoms with van der Waals surface area (Å²) in [7, 11) is 0. The second-order valence-corrected chi connectivity index (χ2v) is 9.33. The molecule has 3 nitrogen and oxygen atoms in total. The molecule has 1 N–H and O–H groups in total. The number of hydrogen-bond donors (Lipinski definition) is 1. The average molecular weight is 460 g/mol. The first-order valence-corrected chi connectivity index (χ1v) is 12.2. The van der Waals surface area contributed by atoms with E-state index in [1.165, 1.54) is 30.0 Å². The highest BCUT2D eigenvalue weighted by molar-refractivity contribution is 5.80. The summed E-state index contributed by atoms with van der Waals surface area (Å²) >= 11 is 0. The van der Waals surface area contributed by atoms with Gasteiger partial charge in [-0.2, -0.15) is 0 Å². The number of nitrogens with zero attached hydrogens (tertiary/aromatic N) is 2. The van der Waals surface area contributed by atoms with E-state index in [9.17, 15) is 8.78 Å². The highest BCUT2D eigenvalue weighted by Crippen LogP contribution is 2.39. The smallest absolute Gasteiger partial charge is 0.123 e. The molecule has 3 aromatic carbocycles. The van der Waals surface area contributed by atoms with Gasteiger partial charge in [-0.3, -0.25) is 0 Å². The van der Waals surface area contributed by atoms with Crippen molar-refractivity contribution in [3.63, 3.8) is 0 Å². The molecule has 176 valence electrons. The van der Waals surface area contributed by atoms with Crippen LogP contribution in [0.2, 0.25) is 0 Å². The van der Waals surface area contributed by atoms with Crippen LogP contribution in [-0.2, 0) is 0 Å². The molecule has 2 aliphatic heterocycles. The Kier molecular flexibility index (Phi) is 6.63. The SMILES string of the molecule is C=C1Nc2ccccc2N1C1CCN(CCCC(c2ccc(F)cc2)c2ccc(F)cc2)CC1. The first-order valence-electron chi connectivity index (χ1n) is 12.2. The Bertz CT molecular complexity index is 1070. The molecule has 0 amide bonds. The van der Waals surface area contributed by atoms with Crippen LogP contribution >= 0.6 is 0 Å². The maximum atomic E-state index is 13.5. The van der Waals surface area contributed by atoms with Crippen LogP contribution in [0.3, 0.4) is 0 Å². The van der Waals surface area contributed by atoms with Gasteiger partial charge in [0.05, 0.1) is 11.4 Å². The van der Waals surface area contributed by atoms with E-state index in [0.717, 1.165) is 68.0 Å². The average Bonchev–Trinajstić information content (AvgIpc) is 3.19. The zero-order valence-corrected chi connectivity index (χ0v) is 19.4. The van der Waals surface area contributed by atoms with E-state index >= 15 is 0 Å². The number of hydrogen-bond acceptors (Lipinski definition) is 3. The lowest BCUT2D eigenvalue weighted by molar-refractivity contribution is 0.207. The van der Waals surface area contributed by atoms with E-state index in [-0.39, 0.29) is 17.6 Å². The Balaban J connectivity index is 1.18. The largest absolute Gasteiger partial charge is 0.340 e. The van der Waals surface area contributed by atoms with Gasteiger partial charge in [-0.05, 0) is 79.8 Å². The second-order valence-electron chi connectivity index (χ2n) is 9.33. The number of piperidine rings is 1. The van der Waals surface area contributed by atoms with Crippen molar-refractivity contribution < 1.29 is 8.78 Å². The lowest BCUT2D eigenvalue weighted by atomic mass is 9.87. The Hall–Kier alpha value is -3.18. The van der Waals surface area contributed by atoms with E-state index < -0.39 is 0 Å². The Morgan fingerprint density at radius 3 is 2.06 bits per heavy atom. The molecule has 1 saturated heterocycles. The Morgan fingerprint density at radius 2 is 1.44 bits per heavy atom. The standard InChI is InChI=1S/C29H31F2N3/c1-21-32-28-6-2-3-7-29(28)34(21)26-16-19-33(20-17-26)18-4-5-27(22-8-12-24(30)13-9-22)23-10-14-25(31)15-11-23/h2-3,6-15,26-27,32H,1,4-5,16-20H2. The van der Waals surface area contributed by atoms with E-state index in [2.05, 4.69) is 46.0 Å². The van der Waals surface area contributed by atoms with E-state index in [0.29, 0.717) is 6.04 Å². The molecular weight excluding hydrogens is 428 g/mol. The molecule has 3 aromatic rings. The van der Waals surface area contributed by atoms with E-state index in [1.54, 1.807) is 0 Å². The maximum Gasteiger partial charge on any atom is 0.123 e. The third kappa shape index (κ3) is 4.85. The fourth-order valence-corrected chi connectivity index (χ4v) is 5.40. The van der Waals surface area contributed by atoms with Gasteiger partial charge in [-0.1, -0.05) is 43.0 Å². The van der Waals surface area contributed by atoms with Crippen molar-refractivity contribution in [2.45, 2.75) is 37.6 Å². The molecule has 0 bridgehead atoms. The second kappa shape index (κ2) is 9.98. The van der Waals surface area contributed by atoms with Crippen molar-refractivity contribution in [2.75, 3.05) is 29.9 Å². The van der Waals surface area contributed by atoms with Crippen LogP contribution in [-0.4, -0.2) is 30.6 Å². The third-order valence-electron chi connectivity index (χ3n) is 7.17. The van der Waals surface area contributed by atoms with Crippen molar-refractivity contribution in [1.29, 1.82) is 0 Å². The number of para-hydroxylation sites is 2. The quantitative estimate of drug-likeness (QED) is 0.422. The topological polar surface area (TPSA) is 18.5 Å². The number of rotatable bonds is 7. The normalized spacial score (nSPS) is 16.7. The fourth-order valence-electron chi connectivity index (χ4n) is 5.40. The number of fused-ring (bicyclic) bond motifs is 1. The number of benzene rings is 3. The molecule has 0 atom stereocenters. The summed E-state index contributed by atoms with van der Waals surface area (Å²) in [6, 6.07) is 22.3. The molecule has 5 rings (SSSR count). The molecule has 2 heterocycles. The fraction of sp³-hybridized carbons (Fsp3) is 0.310. The van der Waals surface area contributed by atoms with Gasteiger partial charge < -0.3 is 15.1 Å². The number of anilines is 2. The predicted octanol–water partition coefficient (Wildman–Crippen LogP) is 6.74. The van der Waals surface area contributed by atoms with Gasteiger partial charge in [-0.25, -0.2) is 8.78 Å². The van der Waals surface area contributed by atoms with Gasteiger partial charge in [0.15, 0.2) is 0 Å². The molecule has 34 heavy (non-hydrogen) atoms. The molecule has 5 heteroatoms. The number of likely N-dealkylation sites (tertiary alicyclic amines) is 1. The molecule has 0 saturated carbocycles. The zero-order valence-electron chi connectivity index (χ0n) is 19.4. The van der Waals surface area contributed by atoms with Crippen molar-refractivity contribution in [3.05, 3.63) is 108 Å². The van der Waals surface area contributed by atoms with Gasteiger partial charge in [0.1, 0.15) is 17.5 Å². The minimum Gasteiger partial charge on any atom is -0.340 e. The highest BCUT2D eigenvalue weighted by atomic mass is 19.1. The first-order chi connectivity index (χ1) is 16.6. The molecule has 0 aromatic heterocycles. The minimum atomic E-state index is -0.233. The van der Waals surface area contributed by atoms with Crippen LogP contribution in [0, 0.1) is 11.6 Å². The molecule has 0 aliphatic carbocycles. The molecule has 1 fully saturated rings. The molecular formula is C29H31F2N3. The van der Waals surface area contributed by atoms with Gasteiger partial charge >= 0.3 is 0 Å². The van der Waals surface area contributed by atoms with Crippen molar-refractivity contribution >= 4 is 11.4 Å². The molecule has 0 unspecified atom stereocenters. The molecule has 0 radical (unpaired) electrons. The summed E-state index contributed by atoms with van der Waals surface area (Å²) in [4.78, 5) is 4.91. The summed E-state index contributed by atoms with van der Waals surface area (Å²) in [5.41, 5.74) is 4.52. The number of nitrogens with one attached hydrogen (secondary N) is 1. The van der Waals surface area contributed by atoms with Gasteiger partial charge in [0, 0.05) is 25.0 Å². The predicted molar refractivity (Wildman–Crippen MR) is 135 cm³/mol. The zero-order chi connectivity index (χ0) is 23.5. The summed E-state index contributed by atoms with van der Waals surface area (Å²) in [6.07, 6.45) is 4.19. The van der Waals surface area contributed by atoms with Crippen LogP contribution in [0.4, 0.5) is 20.2 Å². The summed E-state index contributed by atoms with van der Waals surface area (Å²) in [6.45, 7) is 7.39. The third-order valence-corrected chi connectivity index (χ3v) is 7.17. The monoisotopic (exact) mass is 459 g/mol. The first kappa shape index (κ1) is 22.6. The molecule has 2 aliphatic rings. The summed E-state index contributed by atoms with van der Waals surface area (Å²) in [5.74, 6) is 0.640. The Labute approximate surface area is 200 Å². The van der Waals surface area contributed by atoms with Crippen molar-refractivity contribution in [3.8, 4) is 0 Å². The summed E-state index contributed by atoms with van der Waals surface area (Å²) in [5, 5.41) is 3.41. The maximum absolute atomic E-state index is 13.5. The lowest BCUT2D eigenvalue weighted by Gasteiger charge is -2.38. The minimum absolute atomic E-state index is 0.134. The Morgan fingerprint density at radius 1 is 0.853 bits per heavy atom. The van der Waals surface area contributed by atoms with Crippen molar-refractivity contribution in [2.24, 2.45) is 0 Å². The van der Waals surface area contributed by atoms with Crippen LogP contribution in [0.1, 0.15) is 42.7 Å². The van der Waals surface area contributed by atoms with E-state index in [1.807, 2.05) is 24.3 Å². The lowest BCUT2D eigenvalue weighted by Crippen LogP contribution is -2.44. The summed E-state index contributed by atoms with van der Waals surface area (Å²) < 4.78 is 27.0. The van der Waals surface area contributed by atoms with Crippen LogP contribution in [0.25, 0.3) is 0 Å².